The van der Waals surface area contributed by atoms with Crippen LogP contribution in [0, 0.1) is 0 Å². The minimum Gasteiger partial charge on any atom is -0.488 e. The molecule has 0 radical (unpaired) electrons. The molecule has 3 rings (SSSR count). The minimum absolute atomic E-state index is 0.0877. The maximum absolute atomic E-state index is 12.1. The van der Waals surface area contributed by atoms with Gasteiger partial charge in [-0.1, -0.05) is 66.2 Å². The van der Waals surface area contributed by atoms with Crippen LogP contribution in [-0.4, -0.2) is 63.8 Å². The number of hydrogen-bond donors (Lipinski definition) is 0. The number of rotatable bonds is 18. The lowest BCUT2D eigenvalue weighted by Gasteiger charge is -2.23. The molecule has 0 saturated carbocycles. The molecule has 220 valence electrons. The Hall–Kier alpha value is -3.40. The van der Waals surface area contributed by atoms with Crippen molar-refractivity contribution in [2.45, 2.75) is 38.9 Å². The van der Waals surface area contributed by atoms with Crippen LogP contribution in [0.5, 0.6) is 11.5 Å². The molecular formula is C32H37BrO8. The summed E-state index contributed by atoms with van der Waals surface area (Å²) >= 11 is 3.57. The second-order valence-corrected chi connectivity index (χ2v) is 10.0. The highest BCUT2D eigenvalue weighted by Gasteiger charge is 2.22. The molecule has 9 heteroatoms. The van der Waals surface area contributed by atoms with E-state index in [4.69, 9.17) is 28.4 Å². The smallest absolute Gasteiger partial charge is 0.305 e. The first-order chi connectivity index (χ1) is 19.9. The first kappa shape index (κ1) is 32.1. The van der Waals surface area contributed by atoms with Gasteiger partial charge in [0.2, 0.25) is 0 Å². The van der Waals surface area contributed by atoms with Crippen LogP contribution in [0.1, 0.15) is 26.7 Å². The summed E-state index contributed by atoms with van der Waals surface area (Å²) in [5.74, 6) is 0.574. The lowest BCUT2D eigenvalue weighted by Crippen LogP contribution is -2.30. The zero-order chi connectivity index (χ0) is 29.6. The molecule has 0 aliphatic rings. The van der Waals surface area contributed by atoms with Crippen molar-refractivity contribution < 1.29 is 38.0 Å². The average molecular weight is 630 g/mol. The molecular weight excluding hydrogens is 592 g/mol. The number of carbonyl (C=O) groups is 2. The van der Waals surface area contributed by atoms with E-state index in [0.717, 1.165) is 26.0 Å². The Bertz CT molecular complexity index is 1340. The quantitative estimate of drug-likeness (QED) is 0.0677. The molecule has 41 heavy (non-hydrogen) atoms. The fourth-order valence-corrected chi connectivity index (χ4v) is 4.43. The summed E-state index contributed by atoms with van der Waals surface area (Å²) in [5.41, 5.74) is 0. The Morgan fingerprint density at radius 3 is 1.66 bits per heavy atom. The topological polar surface area (TPSA) is 89.5 Å². The van der Waals surface area contributed by atoms with Gasteiger partial charge in [0.25, 0.3) is 0 Å². The Kier molecular flexibility index (Phi) is 13.1. The van der Waals surface area contributed by atoms with E-state index in [-0.39, 0.29) is 51.2 Å². The van der Waals surface area contributed by atoms with Crippen molar-refractivity contribution in [3.05, 3.63) is 72.2 Å². The van der Waals surface area contributed by atoms with Crippen molar-refractivity contribution in [2.24, 2.45) is 0 Å². The second kappa shape index (κ2) is 16.8. The van der Waals surface area contributed by atoms with Crippen molar-refractivity contribution in [1.29, 1.82) is 0 Å². The minimum atomic E-state index is -0.608. The largest absolute Gasteiger partial charge is 0.488 e. The van der Waals surface area contributed by atoms with E-state index in [1.807, 2.05) is 42.5 Å². The Balaban J connectivity index is 1.98. The summed E-state index contributed by atoms with van der Waals surface area (Å²) in [6.07, 6.45) is 2.55. The summed E-state index contributed by atoms with van der Waals surface area (Å²) in [5, 5.41) is 3.23. The summed E-state index contributed by atoms with van der Waals surface area (Å²) in [6, 6.07) is 13.5. The van der Waals surface area contributed by atoms with Gasteiger partial charge in [-0.3, -0.25) is 9.59 Å². The van der Waals surface area contributed by atoms with E-state index in [2.05, 4.69) is 29.1 Å². The van der Waals surface area contributed by atoms with E-state index < -0.39 is 12.2 Å². The van der Waals surface area contributed by atoms with Crippen LogP contribution in [0.15, 0.2) is 72.2 Å². The highest BCUT2D eigenvalue weighted by atomic mass is 79.9. The van der Waals surface area contributed by atoms with Gasteiger partial charge < -0.3 is 28.4 Å². The summed E-state index contributed by atoms with van der Waals surface area (Å²) < 4.78 is 35.9. The molecule has 0 aromatic heterocycles. The van der Waals surface area contributed by atoms with Crippen molar-refractivity contribution in [1.82, 2.24) is 0 Å². The normalized spacial score (nSPS) is 12.5. The Morgan fingerprint density at radius 2 is 1.20 bits per heavy atom. The van der Waals surface area contributed by atoms with Crippen LogP contribution >= 0.6 is 15.9 Å². The number of carbonyl (C=O) groups excluding carboxylic acids is 2. The van der Waals surface area contributed by atoms with Gasteiger partial charge >= 0.3 is 11.9 Å². The number of benzene rings is 3. The molecule has 3 aromatic rings. The zero-order valence-electron chi connectivity index (χ0n) is 23.6. The molecule has 0 fully saturated rings. The van der Waals surface area contributed by atoms with Crippen LogP contribution in [0.4, 0.5) is 0 Å². The van der Waals surface area contributed by atoms with Gasteiger partial charge in [-0.2, -0.15) is 0 Å². The van der Waals surface area contributed by atoms with Gasteiger partial charge in [0.1, 0.15) is 24.7 Å². The molecule has 8 nitrogen and oxygen atoms in total. The van der Waals surface area contributed by atoms with Crippen LogP contribution in [0.3, 0.4) is 0 Å². The van der Waals surface area contributed by atoms with Gasteiger partial charge in [0.05, 0.1) is 26.4 Å². The molecule has 0 aliphatic heterocycles. The molecule has 0 aliphatic carbocycles. The lowest BCUT2D eigenvalue weighted by molar-refractivity contribution is -0.154. The summed E-state index contributed by atoms with van der Waals surface area (Å²) in [7, 11) is 0. The van der Waals surface area contributed by atoms with Gasteiger partial charge in [-0.05, 0) is 18.2 Å². The molecule has 0 heterocycles. The molecule has 0 amide bonds. The molecule has 2 atom stereocenters. The highest BCUT2D eigenvalue weighted by molar-refractivity contribution is 9.10. The van der Waals surface area contributed by atoms with Crippen LogP contribution < -0.4 is 9.47 Å². The fraction of sp³-hybridized carbons (Fsp3) is 0.375. The highest BCUT2D eigenvalue weighted by Crippen LogP contribution is 2.43. The molecule has 0 N–H and O–H groups in total. The molecule has 0 saturated heterocycles. The van der Waals surface area contributed by atoms with Crippen molar-refractivity contribution in [2.75, 3.05) is 39.6 Å². The maximum atomic E-state index is 12.1. The van der Waals surface area contributed by atoms with Crippen LogP contribution in [0.25, 0.3) is 21.5 Å². The fourth-order valence-electron chi connectivity index (χ4n) is 4.07. The lowest BCUT2D eigenvalue weighted by atomic mass is 10.0. The number of fused-ring (bicyclic) bond motifs is 2. The monoisotopic (exact) mass is 628 g/mol. The number of halogens is 1. The molecule has 0 spiro atoms. The SMILES string of the molecule is C=CCOCC(COc1c2ccccc2c(OCC(COCC=C)OC(=O)CC)c2cc(Br)ccc12)OC(=O)CC. The maximum Gasteiger partial charge on any atom is 0.305 e. The van der Waals surface area contributed by atoms with Gasteiger partial charge in [0.15, 0.2) is 12.2 Å². The first-order valence-corrected chi connectivity index (χ1v) is 14.4. The Morgan fingerprint density at radius 1 is 0.732 bits per heavy atom. The Labute approximate surface area is 249 Å². The van der Waals surface area contributed by atoms with E-state index in [9.17, 15) is 9.59 Å². The number of hydrogen-bond acceptors (Lipinski definition) is 8. The van der Waals surface area contributed by atoms with Crippen molar-refractivity contribution >= 4 is 49.4 Å². The van der Waals surface area contributed by atoms with Gasteiger partial charge in [-0.25, -0.2) is 0 Å². The predicted octanol–water partition coefficient (Wildman–Crippen LogP) is 6.56. The van der Waals surface area contributed by atoms with Crippen LogP contribution in [-0.2, 0) is 28.5 Å². The van der Waals surface area contributed by atoms with E-state index in [1.165, 1.54) is 0 Å². The van der Waals surface area contributed by atoms with Crippen LogP contribution in [0.2, 0.25) is 0 Å². The van der Waals surface area contributed by atoms with E-state index in [0.29, 0.717) is 24.7 Å². The standard InChI is InChI=1S/C32H37BrO8/c1-5-15-36-18-23(40-29(34)7-3)20-38-31-25-11-9-10-12-26(25)32(28-17-22(33)13-14-27(28)31)39-21-24(19-37-16-6-2)41-30(35)8-4/h5-6,9-14,17,23-24H,1-2,7-8,15-16,18-21H2,3-4H3. The zero-order valence-corrected chi connectivity index (χ0v) is 25.2. The average Bonchev–Trinajstić information content (AvgIpc) is 2.98. The molecule has 2 unspecified atom stereocenters. The summed E-state index contributed by atoms with van der Waals surface area (Å²) in [4.78, 5) is 24.1. The summed E-state index contributed by atoms with van der Waals surface area (Å²) in [6.45, 7) is 12.0. The predicted molar refractivity (Wildman–Crippen MR) is 163 cm³/mol. The van der Waals surface area contributed by atoms with Crippen molar-refractivity contribution in [3.63, 3.8) is 0 Å². The second-order valence-electron chi connectivity index (χ2n) is 9.10. The van der Waals surface area contributed by atoms with Gasteiger partial charge in [0, 0.05) is 38.9 Å². The third-order valence-corrected chi connectivity index (χ3v) is 6.46. The third-order valence-electron chi connectivity index (χ3n) is 5.97. The van der Waals surface area contributed by atoms with Crippen molar-refractivity contribution in [3.8, 4) is 11.5 Å². The first-order valence-electron chi connectivity index (χ1n) is 13.6. The third kappa shape index (κ3) is 9.31. The van der Waals surface area contributed by atoms with E-state index in [1.54, 1.807) is 26.0 Å². The molecule has 0 bridgehead atoms. The number of esters is 2. The molecule has 3 aromatic carbocycles. The van der Waals surface area contributed by atoms with Gasteiger partial charge in [-0.15, -0.1) is 13.2 Å². The van der Waals surface area contributed by atoms with E-state index >= 15 is 0 Å². The number of ether oxygens (including phenoxy) is 6.